The molecule has 0 amide bonds. The van der Waals surface area contributed by atoms with Crippen LogP contribution < -0.4 is 0 Å². The summed E-state index contributed by atoms with van der Waals surface area (Å²) in [5.41, 5.74) is -0.223. The first-order chi connectivity index (χ1) is 15.0. The quantitative estimate of drug-likeness (QED) is 0.135. The first kappa shape index (κ1) is 24.9. The summed E-state index contributed by atoms with van der Waals surface area (Å²) in [4.78, 5) is 36.9. The third-order valence-electron chi connectivity index (χ3n) is 4.68. The zero-order chi connectivity index (χ0) is 23.9. The Labute approximate surface area is 186 Å². The van der Waals surface area contributed by atoms with E-state index in [1.165, 1.54) is 0 Å². The Morgan fingerprint density at radius 3 is 2.44 bits per heavy atom. The fourth-order valence-electron chi connectivity index (χ4n) is 3.28. The predicted molar refractivity (Wildman–Crippen MR) is 119 cm³/mol. The van der Waals surface area contributed by atoms with Crippen molar-refractivity contribution >= 4 is 23.5 Å². The number of carbonyl (C=O) groups is 2. The Kier molecular flexibility index (Phi) is 8.37. The summed E-state index contributed by atoms with van der Waals surface area (Å²) in [6, 6.07) is 12.8. The first-order valence-corrected chi connectivity index (χ1v) is 10.0. The van der Waals surface area contributed by atoms with Gasteiger partial charge < -0.3 is 9.64 Å². The van der Waals surface area contributed by atoms with Crippen molar-refractivity contribution in [1.29, 1.82) is 0 Å². The summed E-state index contributed by atoms with van der Waals surface area (Å²) >= 11 is 0. The number of nitrogens with zero attached hydrogens (tertiary/aromatic N) is 2. The topological polar surface area (TPSA) is 89.8 Å². The molecular weight excluding hydrogens is 415 g/mol. The van der Waals surface area contributed by atoms with E-state index in [0.717, 1.165) is 43.3 Å². The highest BCUT2D eigenvalue weighted by atomic mass is 19.1. The van der Waals surface area contributed by atoms with Gasteiger partial charge in [-0.3, -0.25) is 14.9 Å². The van der Waals surface area contributed by atoms with Gasteiger partial charge in [0, 0.05) is 36.2 Å². The molecule has 2 aromatic rings. The van der Waals surface area contributed by atoms with E-state index >= 15 is 0 Å². The zero-order valence-corrected chi connectivity index (χ0v) is 18.6. The molecule has 170 valence electrons. The molecule has 0 aromatic heterocycles. The van der Waals surface area contributed by atoms with Crippen LogP contribution in [0.3, 0.4) is 0 Å². The number of non-ortho nitro benzene ring substituents is 1. The van der Waals surface area contributed by atoms with Crippen LogP contribution in [0.15, 0.2) is 54.1 Å². The average molecular weight is 442 g/mol. The third-order valence-corrected chi connectivity index (χ3v) is 4.68. The number of carbonyl (C=O) groups excluding carboxylic acids is 2. The van der Waals surface area contributed by atoms with Crippen LogP contribution in [0.5, 0.6) is 0 Å². The van der Waals surface area contributed by atoms with E-state index in [1.54, 1.807) is 0 Å². The molecule has 0 saturated heterocycles. The molecule has 0 heterocycles. The van der Waals surface area contributed by atoms with Crippen molar-refractivity contribution in [2.24, 2.45) is 5.41 Å². The van der Waals surface area contributed by atoms with Crippen molar-refractivity contribution < 1.29 is 23.6 Å². The molecule has 0 atom stereocenters. The lowest BCUT2D eigenvalue weighted by molar-refractivity contribution is -0.384. The zero-order valence-electron chi connectivity index (χ0n) is 18.6. The number of rotatable bonds is 10. The minimum Gasteiger partial charge on any atom is -0.461 e. The number of hydrogen-bond donors (Lipinski definition) is 0. The van der Waals surface area contributed by atoms with E-state index in [4.69, 9.17) is 4.74 Å². The molecule has 0 unspecified atom stereocenters. The van der Waals surface area contributed by atoms with E-state index in [1.807, 2.05) is 51.2 Å². The minimum absolute atomic E-state index is 0.0347. The second-order valence-corrected chi connectivity index (χ2v) is 8.48. The molecular formula is C24H27FN2O5. The van der Waals surface area contributed by atoms with Gasteiger partial charge in [0.05, 0.1) is 11.5 Å². The fourth-order valence-corrected chi connectivity index (χ4v) is 3.28. The maximum atomic E-state index is 14.1. The Hall–Kier alpha value is -3.39. The van der Waals surface area contributed by atoms with Crippen molar-refractivity contribution in [3.8, 4) is 0 Å². The number of hydrogen-bond acceptors (Lipinski definition) is 6. The largest absolute Gasteiger partial charge is 0.461 e. The van der Waals surface area contributed by atoms with Crippen LogP contribution in [0, 0.1) is 21.3 Å². The molecule has 0 aliphatic carbocycles. The van der Waals surface area contributed by atoms with E-state index in [9.17, 15) is 24.1 Å². The SMILES string of the molecule is CC(=O)C(=Cc1cc([N+](=O)[O-])ccc1F)C(=O)OCC(C)(C)CN(C)Cc1ccccc1. The van der Waals surface area contributed by atoms with Crippen LogP contribution in [-0.4, -0.2) is 41.8 Å². The predicted octanol–water partition coefficient (Wildman–Crippen LogP) is 4.41. The van der Waals surface area contributed by atoms with Gasteiger partial charge in [0.25, 0.3) is 5.69 Å². The molecule has 8 heteroatoms. The number of nitro benzene ring substituents is 1. The second kappa shape index (κ2) is 10.8. The van der Waals surface area contributed by atoms with Crippen molar-refractivity contribution in [1.82, 2.24) is 4.90 Å². The number of benzene rings is 2. The number of Topliss-reactive ketones (excluding diaryl/α,β-unsaturated/α-hetero) is 1. The molecule has 0 aliphatic rings. The fraction of sp³-hybridized carbons (Fsp3) is 0.333. The van der Waals surface area contributed by atoms with Crippen LogP contribution in [0.4, 0.5) is 10.1 Å². The van der Waals surface area contributed by atoms with Gasteiger partial charge in [-0.25, -0.2) is 9.18 Å². The van der Waals surface area contributed by atoms with Crippen molar-refractivity contribution in [3.63, 3.8) is 0 Å². The smallest absolute Gasteiger partial charge is 0.341 e. The monoisotopic (exact) mass is 442 g/mol. The van der Waals surface area contributed by atoms with Gasteiger partial charge >= 0.3 is 5.97 Å². The Balaban J connectivity index is 2.08. The van der Waals surface area contributed by atoms with Gasteiger partial charge in [0.2, 0.25) is 0 Å². The summed E-state index contributed by atoms with van der Waals surface area (Å²) in [5, 5.41) is 10.9. The van der Waals surface area contributed by atoms with E-state index in [-0.39, 0.29) is 23.4 Å². The molecule has 7 nitrogen and oxygen atoms in total. The van der Waals surface area contributed by atoms with E-state index in [0.29, 0.717) is 6.54 Å². The van der Waals surface area contributed by atoms with Crippen molar-refractivity contribution in [3.05, 3.63) is 81.2 Å². The van der Waals surface area contributed by atoms with Crippen LogP contribution in [0.25, 0.3) is 6.08 Å². The van der Waals surface area contributed by atoms with Crippen LogP contribution in [-0.2, 0) is 20.9 Å². The van der Waals surface area contributed by atoms with Gasteiger partial charge in [-0.15, -0.1) is 0 Å². The standard InChI is InChI=1S/C24H27FN2O5/c1-17(28)21(13-19-12-20(27(30)31)10-11-22(19)25)23(29)32-16-24(2,3)15-26(4)14-18-8-6-5-7-9-18/h5-13H,14-16H2,1-4H3. The Bertz CT molecular complexity index is 1020. The first-order valence-electron chi connectivity index (χ1n) is 10.0. The third kappa shape index (κ3) is 7.39. The maximum Gasteiger partial charge on any atom is 0.341 e. The molecule has 0 saturated carbocycles. The number of halogens is 1. The van der Waals surface area contributed by atoms with Gasteiger partial charge in [-0.05, 0) is 31.7 Å². The van der Waals surface area contributed by atoms with Crippen LogP contribution in [0.1, 0.15) is 31.9 Å². The van der Waals surface area contributed by atoms with Gasteiger partial charge in [-0.1, -0.05) is 44.2 Å². The minimum atomic E-state index is -0.901. The van der Waals surface area contributed by atoms with Crippen LogP contribution in [0.2, 0.25) is 0 Å². The lowest BCUT2D eigenvalue weighted by Crippen LogP contribution is -2.35. The number of ether oxygens (including phenoxy) is 1. The highest BCUT2D eigenvalue weighted by Gasteiger charge is 2.25. The second-order valence-electron chi connectivity index (χ2n) is 8.48. The Morgan fingerprint density at radius 2 is 1.84 bits per heavy atom. The van der Waals surface area contributed by atoms with Crippen molar-refractivity contribution in [2.75, 3.05) is 20.2 Å². The highest BCUT2D eigenvalue weighted by molar-refractivity contribution is 6.19. The van der Waals surface area contributed by atoms with Gasteiger partial charge in [0.15, 0.2) is 5.78 Å². The summed E-state index contributed by atoms with van der Waals surface area (Å²) in [5.74, 6) is -2.31. The molecule has 0 fully saturated rings. The summed E-state index contributed by atoms with van der Waals surface area (Å²) < 4.78 is 19.4. The molecule has 0 radical (unpaired) electrons. The van der Waals surface area contributed by atoms with Crippen molar-refractivity contribution in [2.45, 2.75) is 27.3 Å². The van der Waals surface area contributed by atoms with E-state index < -0.39 is 27.9 Å². The highest BCUT2D eigenvalue weighted by Crippen LogP contribution is 2.22. The summed E-state index contributed by atoms with van der Waals surface area (Å²) in [7, 11) is 1.96. The molecule has 0 spiro atoms. The molecule has 0 bridgehead atoms. The van der Waals surface area contributed by atoms with Gasteiger partial charge in [-0.2, -0.15) is 0 Å². The lowest BCUT2D eigenvalue weighted by atomic mass is 9.94. The summed E-state index contributed by atoms with van der Waals surface area (Å²) in [6.07, 6.45) is 0.988. The normalized spacial score (nSPS) is 12.0. The molecule has 2 rings (SSSR count). The van der Waals surface area contributed by atoms with Gasteiger partial charge in [0.1, 0.15) is 11.4 Å². The molecule has 0 aliphatic heterocycles. The number of ketones is 1. The number of nitro groups is 1. The molecule has 32 heavy (non-hydrogen) atoms. The molecule has 0 N–H and O–H groups in total. The number of esters is 1. The maximum absolute atomic E-state index is 14.1. The average Bonchev–Trinajstić information content (AvgIpc) is 2.71. The molecule has 2 aromatic carbocycles. The summed E-state index contributed by atoms with van der Waals surface area (Å²) in [6.45, 7) is 6.39. The van der Waals surface area contributed by atoms with Crippen LogP contribution >= 0.6 is 0 Å². The van der Waals surface area contributed by atoms with E-state index in [2.05, 4.69) is 4.90 Å². The Morgan fingerprint density at radius 1 is 1.19 bits per heavy atom. The lowest BCUT2D eigenvalue weighted by Gasteiger charge is -2.30.